The Morgan fingerprint density at radius 2 is 1.60 bits per heavy atom. The Hall–Kier alpha value is -0.650. The molecule has 0 aromatic carbocycles. The van der Waals surface area contributed by atoms with Crippen LogP contribution in [0.15, 0.2) is 0 Å². The Morgan fingerprint density at radius 1 is 0.960 bits per heavy atom. The fraction of sp³-hybridized carbons (Fsp3) is 0.950. The largest absolute Gasteiger partial charge is 0.377 e. The van der Waals surface area contributed by atoms with Crippen LogP contribution in [-0.2, 0) is 9.53 Å². The summed E-state index contributed by atoms with van der Waals surface area (Å²) in [5, 5.41) is 0. The van der Waals surface area contributed by atoms with Gasteiger partial charge in [-0.1, -0.05) is 13.8 Å². The van der Waals surface area contributed by atoms with E-state index in [1.165, 1.54) is 32.5 Å². The minimum atomic E-state index is 0.337. The van der Waals surface area contributed by atoms with Crippen LogP contribution in [-0.4, -0.2) is 85.7 Å². The van der Waals surface area contributed by atoms with Crippen molar-refractivity contribution < 1.29 is 9.53 Å². The van der Waals surface area contributed by atoms with Crippen molar-refractivity contribution in [2.75, 3.05) is 59.0 Å². The highest BCUT2D eigenvalue weighted by Gasteiger charge is 2.25. The third-order valence-corrected chi connectivity index (χ3v) is 5.39. The maximum absolute atomic E-state index is 12.2. The quantitative estimate of drug-likeness (QED) is 0.671. The van der Waals surface area contributed by atoms with Gasteiger partial charge in [0.05, 0.1) is 12.7 Å². The molecule has 2 aliphatic heterocycles. The first kappa shape index (κ1) is 20.7. The smallest absolute Gasteiger partial charge is 0.222 e. The van der Waals surface area contributed by atoms with E-state index < -0.39 is 0 Å². The van der Waals surface area contributed by atoms with Crippen molar-refractivity contribution in [2.45, 2.75) is 53.1 Å². The number of rotatable bonds is 8. The van der Waals surface area contributed by atoms with E-state index in [0.717, 1.165) is 45.2 Å². The van der Waals surface area contributed by atoms with Gasteiger partial charge in [-0.3, -0.25) is 9.69 Å². The van der Waals surface area contributed by atoms with Crippen LogP contribution in [0.3, 0.4) is 0 Å². The lowest BCUT2D eigenvalue weighted by Gasteiger charge is -2.39. The zero-order chi connectivity index (χ0) is 18.2. The van der Waals surface area contributed by atoms with Gasteiger partial charge in [-0.05, 0) is 51.6 Å². The summed E-state index contributed by atoms with van der Waals surface area (Å²) in [7, 11) is 0. The highest BCUT2D eigenvalue weighted by Crippen LogP contribution is 2.19. The molecule has 1 amide bonds. The van der Waals surface area contributed by atoms with Crippen molar-refractivity contribution in [3.63, 3.8) is 0 Å². The third kappa shape index (κ3) is 7.63. The minimum absolute atomic E-state index is 0.337. The zero-order valence-corrected chi connectivity index (χ0v) is 16.9. The number of piperazine rings is 1. The molecule has 0 aromatic rings. The molecule has 5 nitrogen and oxygen atoms in total. The Morgan fingerprint density at radius 3 is 2.16 bits per heavy atom. The van der Waals surface area contributed by atoms with Gasteiger partial charge in [0.1, 0.15) is 0 Å². The third-order valence-electron chi connectivity index (χ3n) is 5.39. The van der Waals surface area contributed by atoms with Crippen molar-refractivity contribution >= 4 is 5.91 Å². The Balaban J connectivity index is 1.59. The molecule has 0 atom stereocenters. The molecule has 2 rings (SSSR count). The molecular formula is C20H39N3O2. The van der Waals surface area contributed by atoms with Gasteiger partial charge >= 0.3 is 0 Å². The first-order chi connectivity index (χ1) is 11.9. The van der Waals surface area contributed by atoms with E-state index in [1.807, 2.05) is 0 Å². The van der Waals surface area contributed by atoms with Crippen molar-refractivity contribution in [2.24, 2.45) is 11.8 Å². The second-order valence-electron chi connectivity index (χ2n) is 8.48. The molecule has 5 heteroatoms. The summed E-state index contributed by atoms with van der Waals surface area (Å²) < 4.78 is 5.66. The summed E-state index contributed by atoms with van der Waals surface area (Å²) in [5.74, 6) is 1.62. The molecule has 0 aliphatic carbocycles. The fourth-order valence-corrected chi connectivity index (χ4v) is 3.83. The first-order valence-electron chi connectivity index (χ1n) is 10.3. The molecule has 2 fully saturated rings. The minimum Gasteiger partial charge on any atom is -0.377 e. The van der Waals surface area contributed by atoms with Gasteiger partial charge in [-0.2, -0.15) is 0 Å². The van der Waals surface area contributed by atoms with Crippen molar-refractivity contribution in [3.8, 4) is 0 Å². The summed E-state index contributed by atoms with van der Waals surface area (Å²) in [6.07, 6.45) is 3.63. The van der Waals surface area contributed by atoms with Crippen LogP contribution in [0.1, 0.15) is 47.0 Å². The van der Waals surface area contributed by atoms with E-state index in [2.05, 4.69) is 42.4 Å². The van der Waals surface area contributed by atoms with Gasteiger partial charge in [-0.25, -0.2) is 0 Å². The summed E-state index contributed by atoms with van der Waals surface area (Å²) in [5.41, 5.74) is 0. The molecule has 0 N–H and O–H groups in total. The number of nitrogens with zero attached hydrogens (tertiary/aromatic N) is 3. The Labute approximate surface area is 154 Å². The summed E-state index contributed by atoms with van der Waals surface area (Å²) in [4.78, 5) is 19.3. The first-order valence-corrected chi connectivity index (χ1v) is 10.3. The highest BCUT2D eigenvalue weighted by atomic mass is 16.5. The van der Waals surface area contributed by atoms with Crippen LogP contribution in [0.25, 0.3) is 0 Å². The standard InChI is InChI=1S/C20H39N3O2/c1-17(2)15-20(24)23-11-9-22(10-12-23)16-19-5-7-21(8-6-19)13-14-25-18(3)4/h17-19H,5-16H2,1-4H3. The van der Waals surface area contributed by atoms with Gasteiger partial charge in [0, 0.05) is 45.7 Å². The van der Waals surface area contributed by atoms with E-state index >= 15 is 0 Å². The normalized spacial score (nSPS) is 21.4. The fourth-order valence-electron chi connectivity index (χ4n) is 3.83. The maximum atomic E-state index is 12.2. The lowest BCUT2D eigenvalue weighted by molar-refractivity contribution is -0.133. The number of hydrogen-bond donors (Lipinski definition) is 0. The number of likely N-dealkylation sites (tertiary alicyclic amines) is 1. The summed E-state index contributed by atoms with van der Waals surface area (Å²) in [6, 6.07) is 0. The van der Waals surface area contributed by atoms with Crippen LogP contribution in [0.4, 0.5) is 0 Å². The molecular weight excluding hydrogens is 314 g/mol. The van der Waals surface area contributed by atoms with Crippen LogP contribution in [0.5, 0.6) is 0 Å². The second-order valence-corrected chi connectivity index (χ2v) is 8.48. The summed E-state index contributed by atoms with van der Waals surface area (Å²) >= 11 is 0. The lowest BCUT2D eigenvalue weighted by Crippen LogP contribution is -2.50. The molecule has 0 radical (unpaired) electrons. The van der Waals surface area contributed by atoms with Crippen molar-refractivity contribution in [1.29, 1.82) is 0 Å². The second kappa shape index (κ2) is 10.5. The number of carbonyl (C=O) groups excluding carboxylic acids is 1. The monoisotopic (exact) mass is 353 g/mol. The molecule has 0 aromatic heterocycles. The van der Waals surface area contributed by atoms with Gasteiger partial charge in [0.25, 0.3) is 0 Å². The Bertz CT molecular complexity index is 384. The molecule has 2 saturated heterocycles. The average molecular weight is 354 g/mol. The molecule has 25 heavy (non-hydrogen) atoms. The molecule has 2 aliphatic rings. The predicted octanol–water partition coefficient (Wildman–Crippen LogP) is 2.31. The van der Waals surface area contributed by atoms with E-state index in [-0.39, 0.29) is 0 Å². The van der Waals surface area contributed by atoms with Crippen molar-refractivity contribution in [1.82, 2.24) is 14.7 Å². The van der Waals surface area contributed by atoms with E-state index in [4.69, 9.17) is 4.74 Å². The van der Waals surface area contributed by atoms with Gasteiger partial charge in [0.2, 0.25) is 5.91 Å². The zero-order valence-electron chi connectivity index (χ0n) is 16.9. The van der Waals surface area contributed by atoms with Gasteiger partial charge < -0.3 is 14.5 Å². The maximum Gasteiger partial charge on any atom is 0.222 e. The van der Waals surface area contributed by atoms with Crippen LogP contribution in [0.2, 0.25) is 0 Å². The number of ether oxygens (including phenoxy) is 1. The molecule has 0 saturated carbocycles. The van der Waals surface area contributed by atoms with E-state index in [9.17, 15) is 4.79 Å². The van der Waals surface area contributed by atoms with Crippen LogP contribution in [0, 0.1) is 11.8 Å². The SMILES string of the molecule is CC(C)CC(=O)N1CCN(CC2CCN(CCOC(C)C)CC2)CC1. The summed E-state index contributed by atoms with van der Waals surface area (Å²) in [6.45, 7) is 17.9. The lowest BCUT2D eigenvalue weighted by atomic mass is 9.96. The number of piperidine rings is 1. The molecule has 0 bridgehead atoms. The van der Waals surface area contributed by atoms with Crippen molar-refractivity contribution in [3.05, 3.63) is 0 Å². The van der Waals surface area contributed by atoms with Crippen LogP contribution >= 0.6 is 0 Å². The van der Waals surface area contributed by atoms with Crippen LogP contribution < -0.4 is 0 Å². The molecule has 0 unspecified atom stereocenters. The highest BCUT2D eigenvalue weighted by molar-refractivity contribution is 5.76. The topological polar surface area (TPSA) is 36.0 Å². The molecule has 0 spiro atoms. The molecule has 2 heterocycles. The number of amides is 1. The Kier molecular flexibility index (Phi) is 8.67. The number of carbonyl (C=O) groups is 1. The number of hydrogen-bond acceptors (Lipinski definition) is 4. The van der Waals surface area contributed by atoms with E-state index in [1.54, 1.807) is 0 Å². The van der Waals surface area contributed by atoms with Gasteiger partial charge in [-0.15, -0.1) is 0 Å². The molecule has 146 valence electrons. The van der Waals surface area contributed by atoms with Gasteiger partial charge in [0.15, 0.2) is 0 Å². The predicted molar refractivity (Wildman–Crippen MR) is 103 cm³/mol. The average Bonchev–Trinajstić information content (AvgIpc) is 2.56. The van der Waals surface area contributed by atoms with E-state index in [0.29, 0.717) is 24.3 Å².